The van der Waals surface area contributed by atoms with Crippen LogP contribution in [0.5, 0.6) is 11.5 Å². The molecular formula is C13H10N2O3. The molecule has 1 aliphatic rings. The first-order valence-corrected chi connectivity index (χ1v) is 5.57. The second-order valence-corrected chi connectivity index (χ2v) is 4.11. The number of fused-ring (bicyclic) bond motifs is 2. The second kappa shape index (κ2) is 3.77. The zero-order valence-electron chi connectivity index (χ0n) is 9.74. The van der Waals surface area contributed by atoms with E-state index in [-0.39, 0.29) is 11.1 Å². The van der Waals surface area contributed by atoms with E-state index in [1.165, 1.54) is 0 Å². The van der Waals surface area contributed by atoms with Crippen molar-refractivity contribution in [1.82, 2.24) is 4.98 Å². The molecule has 0 spiro atoms. The molecule has 90 valence electrons. The Kier molecular flexibility index (Phi) is 2.23. The van der Waals surface area contributed by atoms with Gasteiger partial charge in [-0.1, -0.05) is 0 Å². The van der Waals surface area contributed by atoms with Gasteiger partial charge in [-0.25, -0.2) is 0 Å². The number of benzene rings is 1. The maximum absolute atomic E-state index is 11.7. The van der Waals surface area contributed by atoms with Gasteiger partial charge in [0.2, 0.25) is 0 Å². The topological polar surface area (TPSA) is 75.1 Å². The molecule has 1 N–H and O–H groups in total. The highest BCUT2D eigenvalue weighted by molar-refractivity contribution is 5.87. The molecule has 0 fully saturated rings. The van der Waals surface area contributed by atoms with E-state index in [4.69, 9.17) is 14.7 Å². The van der Waals surface area contributed by atoms with Crippen LogP contribution in [0.4, 0.5) is 0 Å². The summed E-state index contributed by atoms with van der Waals surface area (Å²) >= 11 is 0. The monoisotopic (exact) mass is 242 g/mol. The summed E-state index contributed by atoms with van der Waals surface area (Å²) in [6.07, 6.45) is 0. The van der Waals surface area contributed by atoms with Gasteiger partial charge >= 0.3 is 0 Å². The summed E-state index contributed by atoms with van der Waals surface area (Å²) in [5.74, 6) is 1.27. The average molecular weight is 242 g/mol. The zero-order valence-corrected chi connectivity index (χ0v) is 9.74. The third-order valence-corrected chi connectivity index (χ3v) is 3.05. The predicted octanol–water partition coefficient (Wildman–Crippen LogP) is 1.48. The van der Waals surface area contributed by atoms with Gasteiger partial charge in [0.15, 0.2) is 11.5 Å². The van der Waals surface area contributed by atoms with Gasteiger partial charge in [-0.05, 0) is 18.6 Å². The van der Waals surface area contributed by atoms with E-state index < -0.39 is 0 Å². The van der Waals surface area contributed by atoms with Crippen molar-refractivity contribution in [2.45, 2.75) is 6.92 Å². The standard InChI is InChI=1S/C13H10N2O3/c1-7-8-4-11-12(18-3-2-17-11)5-10(8)15-13(16)9(7)6-14/h4-5H,2-3H2,1H3,(H,15,16). The van der Waals surface area contributed by atoms with Crippen LogP contribution >= 0.6 is 0 Å². The summed E-state index contributed by atoms with van der Waals surface area (Å²) in [5, 5.41) is 9.77. The van der Waals surface area contributed by atoms with Crippen molar-refractivity contribution >= 4 is 10.9 Å². The fourth-order valence-corrected chi connectivity index (χ4v) is 2.13. The molecule has 0 saturated carbocycles. The van der Waals surface area contributed by atoms with Gasteiger partial charge in [-0.3, -0.25) is 4.79 Å². The van der Waals surface area contributed by atoms with Crippen molar-refractivity contribution in [1.29, 1.82) is 5.26 Å². The van der Waals surface area contributed by atoms with E-state index in [0.29, 0.717) is 35.8 Å². The Hall–Kier alpha value is -2.48. The molecule has 0 amide bonds. The Morgan fingerprint density at radius 2 is 1.94 bits per heavy atom. The highest BCUT2D eigenvalue weighted by atomic mass is 16.6. The van der Waals surface area contributed by atoms with Crippen LogP contribution in [0.2, 0.25) is 0 Å². The minimum Gasteiger partial charge on any atom is -0.486 e. The Balaban J connectivity index is 2.39. The van der Waals surface area contributed by atoms with Gasteiger partial charge in [0.25, 0.3) is 5.56 Å². The van der Waals surface area contributed by atoms with E-state index in [1.54, 1.807) is 19.1 Å². The average Bonchev–Trinajstić information content (AvgIpc) is 2.37. The number of pyridine rings is 1. The first kappa shape index (κ1) is 10.7. The van der Waals surface area contributed by atoms with Gasteiger partial charge < -0.3 is 14.5 Å². The summed E-state index contributed by atoms with van der Waals surface area (Å²) in [5.41, 5.74) is 1.08. The second-order valence-electron chi connectivity index (χ2n) is 4.11. The SMILES string of the molecule is Cc1c(C#N)c(=O)[nH]c2cc3c(cc12)OCCO3. The molecule has 0 atom stereocenters. The molecule has 0 saturated heterocycles. The lowest BCUT2D eigenvalue weighted by atomic mass is 10.0. The minimum absolute atomic E-state index is 0.138. The van der Waals surface area contributed by atoms with Gasteiger partial charge in [0.1, 0.15) is 24.8 Å². The maximum Gasteiger partial charge on any atom is 0.266 e. The van der Waals surface area contributed by atoms with Gasteiger partial charge in [-0.15, -0.1) is 0 Å². The van der Waals surface area contributed by atoms with Crippen molar-refractivity contribution in [3.05, 3.63) is 33.6 Å². The molecule has 0 unspecified atom stereocenters. The number of nitriles is 1. The summed E-state index contributed by atoms with van der Waals surface area (Å²) in [6, 6.07) is 5.46. The van der Waals surface area contributed by atoms with E-state index in [1.807, 2.05) is 6.07 Å². The summed E-state index contributed by atoms with van der Waals surface area (Å²) in [7, 11) is 0. The van der Waals surface area contributed by atoms with Crippen molar-refractivity contribution in [3.63, 3.8) is 0 Å². The predicted molar refractivity (Wildman–Crippen MR) is 65.0 cm³/mol. The van der Waals surface area contributed by atoms with E-state index in [9.17, 15) is 4.79 Å². The van der Waals surface area contributed by atoms with Crippen LogP contribution in [0, 0.1) is 18.3 Å². The molecule has 5 heteroatoms. The lowest BCUT2D eigenvalue weighted by molar-refractivity contribution is 0.172. The Morgan fingerprint density at radius 3 is 2.61 bits per heavy atom. The fraction of sp³-hybridized carbons (Fsp3) is 0.231. The Labute approximate surface area is 103 Å². The van der Waals surface area contributed by atoms with Crippen molar-refractivity contribution in [2.24, 2.45) is 0 Å². The fourth-order valence-electron chi connectivity index (χ4n) is 2.13. The van der Waals surface area contributed by atoms with Gasteiger partial charge in [0.05, 0.1) is 5.52 Å². The molecule has 2 heterocycles. The number of ether oxygens (including phenoxy) is 2. The molecule has 5 nitrogen and oxygen atoms in total. The molecule has 0 radical (unpaired) electrons. The van der Waals surface area contributed by atoms with Gasteiger partial charge in [0, 0.05) is 11.5 Å². The van der Waals surface area contributed by atoms with Gasteiger partial charge in [-0.2, -0.15) is 5.26 Å². The number of aromatic nitrogens is 1. The molecule has 0 bridgehead atoms. The molecule has 1 aromatic heterocycles. The summed E-state index contributed by atoms with van der Waals surface area (Å²) in [6.45, 7) is 2.76. The van der Waals surface area contributed by atoms with E-state index >= 15 is 0 Å². The summed E-state index contributed by atoms with van der Waals surface area (Å²) in [4.78, 5) is 14.4. The minimum atomic E-state index is -0.376. The van der Waals surface area contributed by atoms with Crippen LogP contribution in [0.3, 0.4) is 0 Å². The molecule has 1 aromatic carbocycles. The normalized spacial score (nSPS) is 13.3. The number of H-pyrrole nitrogens is 1. The summed E-state index contributed by atoms with van der Waals surface area (Å²) < 4.78 is 10.9. The third kappa shape index (κ3) is 1.43. The largest absolute Gasteiger partial charge is 0.486 e. The van der Waals surface area contributed by atoms with E-state index in [2.05, 4.69) is 4.98 Å². The highest BCUT2D eigenvalue weighted by Gasteiger charge is 2.16. The molecule has 2 aromatic rings. The number of nitrogens with zero attached hydrogens (tertiary/aromatic N) is 1. The molecular weight excluding hydrogens is 232 g/mol. The maximum atomic E-state index is 11.7. The van der Waals surface area contributed by atoms with Crippen LogP contribution in [-0.4, -0.2) is 18.2 Å². The number of aromatic amines is 1. The lowest BCUT2D eigenvalue weighted by Gasteiger charge is -2.19. The van der Waals surface area contributed by atoms with Crippen molar-refractivity contribution < 1.29 is 9.47 Å². The molecule has 0 aliphatic carbocycles. The van der Waals surface area contributed by atoms with Crippen LogP contribution < -0.4 is 15.0 Å². The molecule has 3 rings (SSSR count). The Morgan fingerprint density at radius 1 is 1.28 bits per heavy atom. The first-order valence-electron chi connectivity index (χ1n) is 5.57. The number of nitrogens with one attached hydrogen (secondary N) is 1. The number of rotatable bonds is 0. The number of hydrogen-bond donors (Lipinski definition) is 1. The third-order valence-electron chi connectivity index (χ3n) is 3.05. The number of hydrogen-bond acceptors (Lipinski definition) is 4. The quantitative estimate of drug-likeness (QED) is 0.759. The van der Waals surface area contributed by atoms with Crippen LogP contribution in [0.25, 0.3) is 10.9 Å². The smallest absolute Gasteiger partial charge is 0.266 e. The first-order chi connectivity index (χ1) is 8.70. The number of aryl methyl sites for hydroxylation is 1. The van der Waals surface area contributed by atoms with Crippen LogP contribution in [0.1, 0.15) is 11.1 Å². The van der Waals surface area contributed by atoms with Crippen molar-refractivity contribution in [3.8, 4) is 17.6 Å². The lowest BCUT2D eigenvalue weighted by Crippen LogP contribution is -2.16. The van der Waals surface area contributed by atoms with Crippen LogP contribution in [-0.2, 0) is 0 Å². The van der Waals surface area contributed by atoms with Crippen molar-refractivity contribution in [2.75, 3.05) is 13.2 Å². The molecule has 1 aliphatic heterocycles. The van der Waals surface area contributed by atoms with Crippen LogP contribution in [0.15, 0.2) is 16.9 Å². The highest BCUT2D eigenvalue weighted by Crippen LogP contribution is 2.34. The van der Waals surface area contributed by atoms with E-state index in [0.717, 1.165) is 5.39 Å². The Bertz CT molecular complexity index is 740. The molecule has 18 heavy (non-hydrogen) atoms. The zero-order chi connectivity index (χ0) is 12.7.